The summed E-state index contributed by atoms with van der Waals surface area (Å²) in [6, 6.07) is 12.4. The first-order chi connectivity index (χ1) is 11.7. The first-order valence-electron chi connectivity index (χ1n) is 7.26. The van der Waals surface area contributed by atoms with Gasteiger partial charge in [0.15, 0.2) is 17.3 Å². The molecule has 24 heavy (non-hydrogen) atoms. The number of rotatable bonds is 5. The molecule has 0 spiro atoms. The van der Waals surface area contributed by atoms with Gasteiger partial charge < -0.3 is 23.9 Å². The van der Waals surface area contributed by atoms with Crippen LogP contribution in [0.3, 0.4) is 0 Å². The molecule has 0 aliphatic carbocycles. The molecular formula is C18H17NO5. The van der Waals surface area contributed by atoms with E-state index in [1.807, 2.05) is 24.3 Å². The van der Waals surface area contributed by atoms with Gasteiger partial charge in [-0.1, -0.05) is 18.2 Å². The van der Waals surface area contributed by atoms with Gasteiger partial charge in [-0.15, -0.1) is 0 Å². The number of nitrogens with one attached hydrogen (secondary N) is 1. The zero-order valence-electron chi connectivity index (χ0n) is 13.6. The van der Waals surface area contributed by atoms with Gasteiger partial charge in [0, 0.05) is 23.2 Å². The van der Waals surface area contributed by atoms with Crippen molar-refractivity contribution in [1.29, 1.82) is 0 Å². The number of anilines is 1. The highest BCUT2D eigenvalue weighted by Crippen LogP contribution is 2.40. The second kappa shape index (κ2) is 6.54. The molecule has 6 nitrogen and oxygen atoms in total. The number of hydrogen-bond donors (Lipinski definition) is 1. The van der Waals surface area contributed by atoms with Crippen LogP contribution in [-0.2, 0) is 0 Å². The van der Waals surface area contributed by atoms with E-state index in [9.17, 15) is 4.79 Å². The van der Waals surface area contributed by atoms with Crippen LogP contribution in [0.2, 0.25) is 0 Å². The summed E-state index contributed by atoms with van der Waals surface area (Å²) in [6.07, 6.45) is 0. The highest BCUT2D eigenvalue weighted by atomic mass is 16.5. The number of furan rings is 1. The Bertz CT molecular complexity index is 826. The number of ether oxygens (including phenoxy) is 3. The Labute approximate surface area is 138 Å². The number of methoxy groups -OCH3 is 3. The Morgan fingerprint density at radius 1 is 0.958 bits per heavy atom. The fourth-order valence-corrected chi connectivity index (χ4v) is 2.44. The quantitative estimate of drug-likeness (QED) is 0.773. The van der Waals surface area contributed by atoms with Gasteiger partial charge in [0.05, 0.1) is 21.3 Å². The van der Waals surface area contributed by atoms with E-state index >= 15 is 0 Å². The lowest BCUT2D eigenvalue weighted by molar-refractivity contribution is 0.0998. The number of para-hydroxylation sites is 1. The summed E-state index contributed by atoms with van der Waals surface area (Å²) in [5, 5.41) is 3.64. The number of hydrogen-bond acceptors (Lipinski definition) is 5. The van der Waals surface area contributed by atoms with E-state index in [2.05, 4.69) is 5.32 Å². The van der Waals surface area contributed by atoms with Gasteiger partial charge in [-0.3, -0.25) is 4.79 Å². The summed E-state index contributed by atoms with van der Waals surface area (Å²) < 4.78 is 21.4. The van der Waals surface area contributed by atoms with E-state index in [-0.39, 0.29) is 11.7 Å². The summed E-state index contributed by atoms with van der Waals surface area (Å²) in [5.41, 5.74) is 1.17. The Morgan fingerprint density at radius 2 is 1.62 bits per heavy atom. The Morgan fingerprint density at radius 3 is 2.21 bits per heavy atom. The summed E-state index contributed by atoms with van der Waals surface area (Å²) in [7, 11) is 4.55. The van der Waals surface area contributed by atoms with Gasteiger partial charge in [-0.2, -0.15) is 0 Å². The molecule has 3 aromatic rings. The van der Waals surface area contributed by atoms with Crippen LogP contribution in [0.1, 0.15) is 10.6 Å². The Balaban J connectivity index is 1.91. The molecule has 1 N–H and O–H groups in total. The molecular weight excluding hydrogens is 310 g/mol. The largest absolute Gasteiger partial charge is 0.493 e. The van der Waals surface area contributed by atoms with Crippen molar-refractivity contribution in [3.8, 4) is 17.2 Å². The SMILES string of the molecule is COc1cc(NC(=O)c2cc3ccccc3o2)cc(OC)c1OC. The first kappa shape index (κ1) is 15.7. The lowest BCUT2D eigenvalue weighted by Crippen LogP contribution is -2.11. The molecule has 2 aromatic carbocycles. The van der Waals surface area contributed by atoms with Crippen LogP contribution < -0.4 is 19.5 Å². The highest BCUT2D eigenvalue weighted by molar-refractivity contribution is 6.04. The van der Waals surface area contributed by atoms with Gasteiger partial charge >= 0.3 is 0 Å². The zero-order valence-corrected chi connectivity index (χ0v) is 13.6. The number of fused-ring (bicyclic) bond motifs is 1. The second-order valence-corrected chi connectivity index (χ2v) is 5.02. The molecule has 6 heteroatoms. The fourth-order valence-electron chi connectivity index (χ4n) is 2.44. The lowest BCUT2D eigenvalue weighted by Gasteiger charge is -2.14. The summed E-state index contributed by atoms with van der Waals surface area (Å²) in [4.78, 5) is 12.4. The van der Waals surface area contributed by atoms with Gasteiger partial charge in [0.2, 0.25) is 5.75 Å². The van der Waals surface area contributed by atoms with Crippen LogP contribution in [-0.4, -0.2) is 27.2 Å². The van der Waals surface area contributed by atoms with E-state index in [0.717, 1.165) is 5.39 Å². The average Bonchev–Trinajstić information content (AvgIpc) is 3.05. The molecule has 0 atom stereocenters. The molecule has 0 fully saturated rings. The Hall–Kier alpha value is -3.15. The normalized spacial score (nSPS) is 10.5. The summed E-state index contributed by atoms with van der Waals surface area (Å²) in [5.74, 6) is 1.24. The molecule has 124 valence electrons. The topological polar surface area (TPSA) is 69.9 Å². The molecule has 1 aromatic heterocycles. The lowest BCUT2D eigenvalue weighted by atomic mass is 10.2. The molecule has 0 saturated heterocycles. The smallest absolute Gasteiger partial charge is 0.291 e. The molecule has 1 heterocycles. The van der Waals surface area contributed by atoms with Crippen molar-refractivity contribution in [3.63, 3.8) is 0 Å². The maximum absolute atomic E-state index is 12.4. The predicted molar refractivity (Wildman–Crippen MR) is 90.3 cm³/mol. The highest BCUT2D eigenvalue weighted by Gasteiger charge is 2.17. The molecule has 0 aliphatic heterocycles. The molecule has 3 rings (SSSR count). The third kappa shape index (κ3) is 2.86. The minimum absolute atomic E-state index is 0.227. The van der Waals surface area contributed by atoms with Crippen molar-refractivity contribution in [1.82, 2.24) is 0 Å². The van der Waals surface area contributed by atoms with E-state index in [1.165, 1.54) is 21.3 Å². The van der Waals surface area contributed by atoms with Crippen molar-refractivity contribution in [2.24, 2.45) is 0 Å². The standard InChI is InChI=1S/C18H17NO5/c1-21-14-9-12(10-15(22-2)17(14)23-3)19-18(20)16-8-11-6-4-5-7-13(11)24-16/h4-10H,1-3H3,(H,19,20). The van der Waals surface area contributed by atoms with Gasteiger partial charge in [-0.05, 0) is 12.1 Å². The van der Waals surface area contributed by atoms with Crippen molar-refractivity contribution >= 4 is 22.6 Å². The fraction of sp³-hybridized carbons (Fsp3) is 0.167. The molecule has 0 unspecified atom stereocenters. The minimum Gasteiger partial charge on any atom is -0.493 e. The van der Waals surface area contributed by atoms with Gasteiger partial charge in [0.25, 0.3) is 5.91 Å². The maximum atomic E-state index is 12.4. The number of carbonyl (C=O) groups excluding carboxylic acids is 1. The van der Waals surface area contributed by atoms with Crippen LogP contribution in [0.5, 0.6) is 17.2 Å². The van der Waals surface area contributed by atoms with Crippen LogP contribution in [0, 0.1) is 0 Å². The summed E-state index contributed by atoms with van der Waals surface area (Å²) >= 11 is 0. The molecule has 0 aliphatic rings. The predicted octanol–water partition coefficient (Wildman–Crippen LogP) is 3.71. The van der Waals surface area contributed by atoms with E-state index in [1.54, 1.807) is 18.2 Å². The third-order valence-corrected chi connectivity index (χ3v) is 3.57. The number of benzene rings is 2. The average molecular weight is 327 g/mol. The second-order valence-electron chi connectivity index (χ2n) is 5.02. The van der Waals surface area contributed by atoms with Crippen molar-refractivity contribution in [2.75, 3.05) is 26.6 Å². The van der Waals surface area contributed by atoms with E-state index in [4.69, 9.17) is 18.6 Å². The van der Waals surface area contributed by atoms with Crippen LogP contribution in [0.4, 0.5) is 5.69 Å². The van der Waals surface area contributed by atoms with Crippen LogP contribution in [0.25, 0.3) is 11.0 Å². The molecule has 1 amide bonds. The number of carbonyl (C=O) groups is 1. The molecule has 0 radical (unpaired) electrons. The summed E-state index contributed by atoms with van der Waals surface area (Å²) in [6.45, 7) is 0. The monoisotopic (exact) mass is 327 g/mol. The maximum Gasteiger partial charge on any atom is 0.291 e. The van der Waals surface area contributed by atoms with Gasteiger partial charge in [-0.25, -0.2) is 0 Å². The third-order valence-electron chi connectivity index (χ3n) is 3.57. The van der Waals surface area contributed by atoms with Gasteiger partial charge in [0.1, 0.15) is 5.58 Å². The minimum atomic E-state index is -0.361. The van der Waals surface area contributed by atoms with E-state index < -0.39 is 0 Å². The van der Waals surface area contributed by atoms with Crippen molar-refractivity contribution in [2.45, 2.75) is 0 Å². The zero-order chi connectivity index (χ0) is 17.1. The van der Waals surface area contributed by atoms with Crippen LogP contribution in [0.15, 0.2) is 46.9 Å². The molecule has 0 bridgehead atoms. The van der Waals surface area contributed by atoms with Crippen LogP contribution >= 0.6 is 0 Å². The number of amides is 1. The van der Waals surface area contributed by atoms with Crippen molar-refractivity contribution in [3.05, 3.63) is 48.2 Å². The Kier molecular flexibility index (Phi) is 4.29. The first-order valence-corrected chi connectivity index (χ1v) is 7.26. The van der Waals surface area contributed by atoms with Crippen molar-refractivity contribution < 1.29 is 23.4 Å². The molecule has 0 saturated carbocycles. The van der Waals surface area contributed by atoms with E-state index in [0.29, 0.717) is 28.5 Å².